The van der Waals surface area contributed by atoms with Gasteiger partial charge in [0.05, 0.1) is 23.9 Å². The molecular weight excluding hydrogens is 320 g/mol. The number of likely N-dealkylation sites (tertiary alicyclic amines) is 1. The number of aromatic nitrogens is 3. The number of nitrogens with zero attached hydrogens (tertiary/aromatic N) is 4. The number of carbonyl (C=O) groups excluding carboxylic acids is 1. The standard InChI is InChI=1S/C18H20N4O3/c1-21-17-10-13(6-7-16(17)19-20-21)18(23)25-12-14-4-2-8-22(14)11-15-5-3-9-24-15/h3,5-7,9-10,14H,2,4,8,11-12H2,1H3. The Kier molecular flexibility index (Phi) is 4.23. The first-order valence-corrected chi connectivity index (χ1v) is 8.44. The van der Waals surface area contributed by atoms with Gasteiger partial charge in [-0.15, -0.1) is 5.10 Å². The van der Waals surface area contributed by atoms with Gasteiger partial charge in [-0.05, 0) is 49.7 Å². The molecule has 1 unspecified atom stereocenters. The first-order chi connectivity index (χ1) is 12.2. The zero-order valence-corrected chi connectivity index (χ0v) is 14.1. The average molecular weight is 340 g/mol. The number of aryl methyl sites for hydroxylation is 1. The number of esters is 1. The third-order valence-corrected chi connectivity index (χ3v) is 4.69. The predicted octanol–water partition coefficient (Wildman–Crippen LogP) is 2.38. The van der Waals surface area contributed by atoms with E-state index < -0.39 is 0 Å². The summed E-state index contributed by atoms with van der Waals surface area (Å²) in [6.45, 7) is 2.14. The van der Waals surface area contributed by atoms with Crippen molar-refractivity contribution in [1.29, 1.82) is 0 Å². The van der Waals surface area contributed by atoms with Crippen molar-refractivity contribution in [2.45, 2.75) is 25.4 Å². The first-order valence-electron chi connectivity index (χ1n) is 8.44. The highest BCUT2D eigenvalue weighted by Crippen LogP contribution is 2.21. The fourth-order valence-corrected chi connectivity index (χ4v) is 3.31. The van der Waals surface area contributed by atoms with E-state index in [4.69, 9.17) is 9.15 Å². The minimum Gasteiger partial charge on any atom is -0.468 e. The quantitative estimate of drug-likeness (QED) is 0.664. The summed E-state index contributed by atoms with van der Waals surface area (Å²) in [4.78, 5) is 14.7. The predicted molar refractivity (Wildman–Crippen MR) is 90.9 cm³/mol. The van der Waals surface area contributed by atoms with Crippen LogP contribution >= 0.6 is 0 Å². The topological polar surface area (TPSA) is 73.4 Å². The summed E-state index contributed by atoms with van der Waals surface area (Å²) in [6.07, 6.45) is 3.82. The van der Waals surface area contributed by atoms with Crippen molar-refractivity contribution in [3.8, 4) is 0 Å². The van der Waals surface area contributed by atoms with E-state index in [2.05, 4.69) is 15.2 Å². The Morgan fingerprint density at radius 3 is 3.16 bits per heavy atom. The maximum absolute atomic E-state index is 12.4. The highest BCUT2D eigenvalue weighted by atomic mass is 16.5. The first kappa shape index (κ1) is 15.8. The van der Waals surface area contributed by atoms with Crippen molar-refractivity contribution in [3.63, 3.8) is 0 Å². The van der Waals surface area contributed by atoms with Gasteiger partial charge in [0.25, 0.3) is 0 Å². The van der Waals surface area contributed by atoms with Crippen LogP contribution in [0.15, 0.2) is 41.0 Å². The number of hydrogen-bond donors (Lipinski definition) is 0. The molecule has 130 valence electrons. The molecule has 25 heavy (non-hydrogen) atoms. The van der Waals surface area contributed by atoms with E-state index in [0.29, 0.717) is 12.2 Å². The van der Waals surface area contributed by atoms with E-state index in [-0.39, 0.29) is 12.0 Å². The molecule has 0 N–H and O–H groups in total. The van der Waals surface area contributed by atoms with Gasteiger partial charge in [-0.1, -0.05) is 5.21 Å². The van der Waals surface area contributed by atoms with Crippen molar-refractivity contribution >= 4 is 17.0 Å². The molecule has 1 fully saturated rings. The number of benzene rings is 1. The van der Waals surface area contributed by atoms with E-state index in [1.807, 2.05) is 12.1 Å². The molecule has 3 aromatic rings. The minimum absolute atomic E-state index is 0.233. The van der Waals surface area contributed by atoms with E-state index >= 15 is 0 Å². The number of furan rings is 1. The van der Waals surface area contributed by atoms with Gasteiger partial charge in [-0.3, -0.25) is 4.90 Å². The van der Waals surface area contributed by atoms with E-state index in [1.165, 1.54) is 0 Å². The van der Waals surface area contributed by atoms with Crippen LogP contribution in [0.3, 0.4) is 0 Å². The van der Waals surface area contributed by atoms with Crippen LogP contribution in [0.1, 0.15) is 29.0 Å². The van der Waals surface area contributed by atoms with Crippen LogP contribution in [0.25, 0.3) is 11.0 Å². The SMILES string of the molecule is Cn1nnc2ccc(C(=O)OCC3CCCN3Cc3ccco3)cc21. The molecule has 0 spiro atoms. The monoisotopic (exact) mass is 340 g/mol. The van der Waals surface area contributed by atoms with Crippen LogP contribution in [0, 0.1) is 0 Å². The molecule has 1 aliphatic rings. The number of ether oxygens (including phenoxy) is 1. The number of carbonyl (C=O) groups is 1. The molecule has 2 aromatic heterocycles. The second-order valence-corrected chi connectivity index (χ2v) is 6.36. The van der Waals surface area contributed by atoms with E-state index in [1.54, 1.807) is 36.2 Å². The van der Waals surface area contributed by atoms with Gasteiger partial charge in [-0.25, -0.2) is 9.48 Å². The molecule has 4 rings (SSSR count). The van der Waals surface area contributed by atoms with Crippen LogP contribution in [0.5, 0.6) is 0 Å². The molecule has 0 bridgehead atoms. The van der Waals surface area contributed by atoms with Crippen LogP contribution in [0.4, 0.5) is 0 Å². The maximum Gasteiger partial charge on any atom is 0.338 e. The van der Waals surface area contributed by atoms with Crippen molar-refractivity contribution in [3.05, 3.63) is 47.9 Å². The Balaban J connectivity index is 1.39. The lowest BCUT2D eigenvalue weighted by Gasteiger charge is -2.23. The van der Waals surface area contributed by atoms with Crippen LogP contribution < -0.4 is 0 Å². The molecule has 0 aliphatic carbocycles. The van der Waals surface area contributed by atoms with Gasteiger partial charge in [0.1, 0.15) is 17.9 Å². The summed E-state index contributed by atoms with van der Waals surface area (Å²) in [5.74, 6) is 0.625. The molecule has 7 heteroatoms. The second kappa shape index (κ2) is 6.68. The molecule has 0 amide bonds. The molecule has 1 saturated heterocycles. The summed E-state index contributed by atoms with van der Waals surface area (Å²) in [5, 5.41) is 7.97. The Morgan fingerprint density at radius 1 is 1.40 bits per heavy atom. The summed E-state index contributed by atoms with van der Waals surface area (Å²) < 4.78 is 12.6. The molecule has 0 radical (unpaired) electrons. The van der Waals surface area contributed by atoms with Gasteiger partial charge >= 0.3 is 5.97 Å². The molecule has 0 saturated carbocycles. The van der Waals surface area contributed by atoms with E-state index in [0.717, 1.165) is 42.7 Å². The highest BCUT2D eigenvalue weighted by Gasteiger charge is 2.26. The largest absolute Gasteiger partial charge is 0.468 e. The number of fused-ring (bicyclic) bond motifs is 1. The second-order valence-electron chi connectivity index (χ2n) is 6.36. The van der Waals surface area contributed by atoms with Gasteiger partial charge in [0.2, 0.25) is 0 Å². The summed E-state index contributed by atoms with van der Waals surface area (Å²) in [5.41, 5.74) is 2.10. The summed E-state index contributed by atoms with van der Waals surface area (Å²) in [7, 11) is 1.80. The third-order valence-electron chi connectivity index (χ3n) is 4.69. The molecule has 1 aliphatic heterocycles. The summed E-state index contributed by atoms with van der Waals surface area (Å²) in [6, 6.07) is 9.39. The molecule has 1 aromatic carbocycles. The Morgan fingerprint density at radius 2 is 2.32 bits per heavy atom. The fraction of sp³-hybridized carbons (Fsp3) is 0.389. The number of hydrogen-bond acceptors (Lipinski definition) is 6. The fourth-order valence-electron chi connectivity index (χ4n) is 3.31. The smallest absolute Gasteiger partial charge is 0.338 e. The average Bonchev–Trinajstić information content (AvgIpc) is 3.36. The maximum atomic E-state index is 12.4. The molecule has 3 heterocycles. The van der Waals surface area contributed by atoms with Gasteiger partial charge in [0, 0.05) is 13.1 Å². The Bertz CT molecular complexity index is 872. The van der Waals surface area contributed by atoms with Crippen LogP contribution in [-0.2, 0) is 18.3 Å². The molecule has 7 nitrogen and oxygen atoms in total. The van der Waals surface area contributed by atoms with Crippen LogP contribution in [0.2, 0.25) is 0 Å². The van der Waals surface area contributed by atoms with Crippen molar-refractivity contribution < 1.29 is 13.9 Å². The lowest BCUT2D eigenvalue weighted by Crippen LogP contribution is -2.33. The third kappa shape index (κ3) is 3.28. The lowest BCUT2D eigenvalue weighted by molar-refractivity contribution is 0.0386. The Labute approximate surface area is 145 Å². The minimum atomic E-state index is -0.312. The Hall–Kier alpha value is -2.67. The molecular formula is C18H20N4O3. The van der Waals surface area contributed by atoms with E-state index in [9.17, 15) is 4.79 Å². The normalized spacial score (nSPS) is 18.0. The van der Waals surface area contributed by atoms with Gasteiger partial charge < -0.3 is 9.15 Å². The van der Waals surface area contributed by atoms with Crippen molar-refractivity contribution in [2.75, 3.05) is 13.2 Å². The lowest BCUT2D eigenvalue weighted by atomic mass is 10.2. The molecule has 1 atom stereocenters. The summed E-state index contributed by atoms with van der Waals surface area (Å²) >= 11 is 0. The van der Waals surface area contributed by atoms with Gasteiger partial charge in [0.15, 0.2) is 0 Å². The van der Waals surface area contributed by atoms with Crippen molar-refractivity contribution in [1.82, 2.24) is 19.9 Å². The van der Waals surface area contributed by atoms with Crippen molar-refractivity contribution in [2.24, 2.45) is 7.05 Å². The number of rotatable bonds is 5. The van der Waals surface area contributed by atoms with Gasteiger partial charge in [-0.2, -0.15) is 0 Å². The highest BCUT2D eigenvalue weighted by molar-refractivity contribution is 5.93. The van der Waals surface area contributed by atoms with Crippen LogP contribution in [-0.4, -0.2) is 45.1 Å². The zero-order valence-electron chi connectivity index (χ0n) is 14.1. The zero-order chi connectivity index (χ0) is 17.2.